The Morgan fingerprint density at radius 3 is 2.57 bits per heavy atom. The van der Waals surface area contributed by atoms with Gasteiger partial charge in [0.15, 0.2) is 0 Å². The fraction of sp³-hybridized carbons (Fsp3) is 0.769. The van der Waals surface area contributed by atoms with E-state index in [1.165, 1.54) is 11.9 Å². The van der Waals surface area contributed by atoms with Crippen molar-refractivity contribution in [3.8, 4) is 0 Å². The smallest absolute Gasteiger partial charge is 0.318 e. The summed E-state index contributed by atoms with van der Waals surface area (Å²) in [5.41, 5.74) is 0. The molecule has 21 heavy (non-hydrogen) atoms. The summed E-state index contributed by atoms with van der Waals surface area (Å²) >= 11 is 0. The predicted octanol–water partition coefficient (Wildman–Crippen LogP) is -0.500. The van der Waals surface area contributed by atoms with Gasteiger partial charge in [-0.25, -0.2) is 4.79 Å². The van der Waals surface area contributed by atoms with Crippen molar-refractivity contribution >= 4 is 17.9 Å². The number of carboxylic acid groups (broad SMARTS) is 1. The quantitative estimate of drug-likeness (QED) is 0.634. The van der Waals surface area contributed by atoms with E-state index >= 15 is 0 Å². The van der Waals surface area contributed by atoms with Crippen molar-refractivity contribution in [2.75, 3.05) is 33.4 Å². The molecule has 8 heteroatoms. The van der Waals surface area contributed by atoms with E-state index in [2.05, 4.69) is 10.6 Å². The number of morpholine rings is 1. The molecule has 2 atom stereocenters. The summed E-state index contributed by atoms with van der Waals surface area (Å²) in [4.78, 5) is 36.4. The van der Waals surface area contributed by atoms with Gasteiger partial charge in [0.25, 0.3) is 0 Å². The van der Waals surface area contributed by atoms with Crippen molar-refractivity contribution in [2.24, 2.45) is 11.8 Å². The Bertz CT molecular complexity index is 399. The third kappa shape index (κ3) is 4.59. The third-order valence-corrected chi connectivity index (χ3v) is 3.53. The number of hydrogen-bond donors (Lipinski definition) is 3. The van der Waals surface area contributed by atoms with Crippen molar-refractivity contribution < 1.29 is 24.2 Å². The maximum Gasteiger partial charge on any atom is 0.318 e. The van der Waals surface area contributed by atoms with Gasteiger partial charge in [-0.2, -0.15) is 0 Å². The molecule has 2 unspecified atom stereocenters. The number of amides is 3. The van der Waals surface area contributed by atoms with Crippen LogP contribution in [0.3, 0.4) is 0 Å². The lowest BCUT2D eigenvalue weighted by atomic mass is 9.96. The van der Waals surface area contributed by atoms with Crippen LogP contribution in [0.25, 0.3) is 0 Å². The van der Waals surface area contributed by atoms with E-state index in [0.29, 0.717) is 13.2 Å². The fourth-order valence-electron chi connectivity index (χ4n) is 2.14. The molecule has 0 aromatic rings. The van der Waals surface area contributed by atoms with Crippen molar-refractivity contribution in [2.45, 2.75) is 19.9 Å². The van der Waals surface area contributed by atoms with Crippen LogP contribution in [0.1, 0.15) is 13.8 Å². The van der Waals surface area contributed by atoms with E-state index in [1.54, 1.807) is 13.8 Å². The van der Waals surface area contributed by atoms with E-state index in [9.17, 15) is 14.4 Å². The standard InChI is InChI=1S/C13H23N3O5/c1-8(2)9(12(18)19)6-15-13(20)16-4-5-21-7-10(16)11(17)14-3/h8-10H,4-7H2,1-3H3,(H,14,17)(H,15,20)(H,18,19). The number of rotatable bonds is 5. The average Bonchev–Trinajstić information content (AvgIpc) is 2.45. The Labute approximate surface area is 123 Å². The number of nitrogens with one attached hydrogen (secondary N) is 2. The van der Waals surface area contributed by atoms with Gasteiger partial charge in [0.2, 0.25) is 5.91 Å². The minimum absolute atomic E-state index is 0.0314. The summed E-state index contributed by atoms with van der Waals surface area (Å²) in [5.74, 6) is -2.01. The van der Waals surface area contributed by atoms with Gasteiger partial charge in [-0.1, -0.05) is 13.8 Å². The van der Waals surface area contributed by atoms with Crippen molar-refractivity contribution in [3.05, 3.63) is 0 Å². The predicted molar refractivity (Wildman–Crippen MR) is 74.7 cm³/mol. The van der Waals surface area contributed by atoms with E-state index in [-0.39, 0.29) is 25.0 Å². The molecule has 0 radical (unpaired) electrons. The number of ether oxygens (including phenoxy) is 1. The molecule has 8 nitrogen and oxygen atoms in total. The van der Waals surface area contributed by atoms with Crippen LogP contribution < -0.4 is 10.6 Å². The first-order valence-electron chi connectivity index (χ1n) is 6.95. The molecule has 1 fully saturated rings. The Hall–Kier alpha value is -1.83. The average molecular weight is 301 g/mol. The van der Waals surface area contributed by atoms with Gasteiger partial charge >= 0.3 is 12.0 Å². The zero-order valence-corrected chi connectivity index (χ0v) is 12.6. The molecule has 1 heterocycles. The topological polar surface area (TPSA) is 108 Å². The molecule has 0 saturated carbocycles. The fourth-order valence-corrected chi connectivity index (χ4v) is 2.14. The Kier molecular flexibility index (Phi) is 6.41. The van der Waals surface area contributed by atoms with E-state index < -0.39 is 24.0 Å². The van der Waals surface area contributed by atoms with Crippen LogP contribution in [-0.4, -0.2) is 67.3 Å². The van der Waals surface area contributed by atoms with Crippen molar-refractivity contribution in [3.63, 3.8) is 0 Å². The van der Waals surface area contributed by atoms with Gasteiger partial charge in [0.1, 0.15) is 6.04 Å². The molecule has 0 spiro atoms. The molecule has 0 aromatic carbocycles. The maximum absolute atomic E-state index is 12.2. The molecule has 1 aliphatic rings. The van der Waals surface area contributed by atoms with Crippen LogP contribution >= 0.6 is 0 Å². The highest BCUT2D eigenvalue weighted by atomic mass is 16.5. The monoisotopic (exact) mass is 301 g/mol. The first-order valence-corrected chi connectivity index (χ1v) is 6.95. The van der Waals surface area contributed by atoms with Crippen LogP contribution in [-0.2, 0) is 14.3 Å². The van der Waals surface area contributed by atoms with Crippen LogP contribution in [0.4, 0.5) is 4.79 Å². The molecule has 1 saturated heterocycles. The lowest BCUT2D eigenvalue weighted by molar-refractivity contribution is -0.143. The summed E-state index contributed by atoms with van der Waals surface area (Å²) in [6.45, 7) is 4.39. The van der Waals surface area contributed by atoms with Gasteiger partial charge in [0, 0.05) is 20.1 Å². The number of nitrogens with zero attached hydrogens (tertiary/aromatic N) is 1. The number of hydrogen-bond acceptors (Lipinski definition) is 4. The zero-order chi connectivity index (χ0) is 16.0. The Morgan fingerprint density at radius 1 is 1.38 bits per heavy atom. The normalized spacial score (nSPS) is 20.0. The second-order valence-corrected chi connectivity index (χ2v) is 5.27. The lowest BCUT2D eigenvalue weighted by Crippen LogP contribution is -2.58. The SMILES string of the molecule is CNC(=O)C1COCCN1C(=O)NCC(C(=O)O)C(C)C. The largest absolute Gasteiger partial charge is 0.481 e. The summed E-state index contributed by atoms with van der Waals surface area (Å²) in [6, 6.07) is -1.13. The molecule has 3 N–H and O–H groups in total. The molecule has 1 aliphatic heterocycles. The van der Waals surface area contributed by atoms with Gasteiger partial charge in [-0.15, -0.1) is 0 Å². The van der Waals surface area contributed by atoms with E-state index in [0.717, 1.165) is 0 Å². The van der Waals surface area contributed by atoms with Gasteiger partial charge in [-0.3, -0.25) is 9.59 Å². The Balaban J connectivity index is 2.64. The molecule has 0 bridgehead atoms. The third-order valence-electron chi connectivity index (χ3n) is 3.53. The highest BCUT2D eigenvalue weighted by Gasteiger charge is 2.33. The summed E-state index contributed by atoms with van der Waals surface area (Å²) in [7, 11) is 1.49. The van der Waals surface area contributed by atoms with Gasteiger partial charge in [0.05, 0.1) is 19.1 Å². The summed E-state index contributed by atoms with van der Waals surface area (Å²) in [5, 5.41) is 14.2. The Morgan fingerprint density at radius 2 is 2.05 bits per heavy atom. The second-order valence-electron chi connectivity index (χ2n) is 5.27. The molecule has 0 aromatic heterocycles. The lowest BCUT2D eigenvalue weighted by Gasteiger charge is -2.34. The van der Waals surface area contributed by atoms with Gasteiger partial charge in [-0.05, 0) is 5.92 Å². The van der Waals surface area contributed by atoms with Crippen LogP contribution in [0.5, 0.6) is 0 Å². The molecular weight excluding hydrogens is 278 g/mol. The number of likely N-dealkylation sites (N-methyl/N-ethyl adjacent to an activating group) is 1. The molecule has 0 aliphatic carbocycles. The highest BCUT2D eigenvalue weighted by Crippen LogP contribution is 2.11. The molecule has 1 rings (SSSR count). The molecule has 3 amide bonds. The maximum atomic E-state index is 12.2. The van der Waals surface area contributed by atoms with Gasteiger partial charge < -0.3 is 25.4 Å². The highest BCUT2D eigenvalue weighted by molar-refractivity contribution is 5.87. The van der Waals surface area contributed by atoms with Crippen LogP contribution in [0.2, 0.25) is 0 Å². The second kappa shape index (κ2) is 7.82. The van der Waals surface area contributed by atoms with Crippen LogP contribution in [0.15, 0.2) is 0 Å². The summed E-state index contributed by atoms with van der Waals surface area (Å²) in [6.07, 6.45) is 0. The number of carboxylic acids is 1. The molecular formula is C13H23N3O5. The number of carbonyl (C=O) groups is 3. The number of aliphatic carboxylic acids is 1. The van der Waals surface area contributed by atoms with Crippen molar-refractivity contribution in [1.29, 1.82) is 0 Å². The molecule has 120 valence electrons. The first kappa shape index (κ1) is 17.2. The first-order chi connectivity index (χ1) is 9.88. The number of urea groups is 1. The number of carbonyl (C=O) groups excluding carboxylic acids is 2. The zero-order valence-electron chi connectivity index (χ0n) is 12.6. The van der Waals surface area contributed by atoms with E-state index in [1.807, 2.05) is 0 Å². The minimum atomic E-state index is -0.949. The van der Waals surface area contributed by atoms with Crippen LogP contribution in [0, 0.1) is 11.8 Å². The van der Waals surface area contributed by atoms with E-state index in [4.69, 9.17) is 9.84 Å². The summed E-state index contributed by atoms with van der Waals surface area (Å²) < 4.78 is 5.21. The van der Waals surface area contributed by atoms with Crippen molar-refractivity contribution in [1.82, 2.24) is 15.5 Å². The minimum Gasteiger partial charge on any atom is -0.481 e.